The highest BCUT2D eigenvalue weighted by atomic mass is 16.7. The lowest BCUT2D eigenvalue weighted by Gasteiger charge is -2.14. The van der Waals surface area contributed by atoms with Gasteiger partial charge in [0.15, 0.2) is 0 Å². The second-order valence-corrected chi connectivity index (χ2v) is 2.69. The largest absolute Gasteiger partial charge is 0.508 e. The molecular weight excluding hydrogens is 186 g/mol. The van der Waals surface area contributed by atoms with Gasteiger partial charge in [0, 0.05) is 13.1 Å². The smallest absolute Gasteiger partial charge is 0.280 e. The normalized spacial score (nSPS) is 9.86. The molecule has 0 radical (unpaired) electrons. The molecule has 0 aliphatic rings. The number of hydroxylamine groups is 2. The molecule has 0 bridgehead atoms. The van der Waals surface area contributed by atoms with Crippen molar-refractivity contribution >= 4 is 5.91 Å². The summed E-state index contributed by atoms with van der Waals surface area (Å²) in [4.78, 5) is 16.1. The van der Waals surface area contributed by atoms with Crippen molar-refractivity contribution in [3.63, 3.8) is 0 Å². The zero-order chi connectivity index (χ0) is 10.7. The van der Waals surface area contributed by atoms with E-state index in [1.165, 1.54) is 26.3 Å². The lowest BCUT2D eigenvalue weighted by atomic mass is 10.2. The summed E-state index contributed by atoms with van der Waals surface area (Å²) < 4.78 is 0. The third-order valence-electron chi connectivity index (χ3n) is 1.77. The van der Waals surface area contributed by atoms with E-state index in [0.717, 1.165) is 11.1 Å². The Morgan fingerprint density at radius 3 is 2.57 bits per heavy atom. The van der Waals surface area contributed by atoms with Gasteiger partial charge < -0.3 is 10.2 Å². The first-order chi connectivity index (χ1) is 6.56. The molecule has 1 aromatic carbocycles. The molecule has 1 rings (SSSR count). The van der Waals surface area contributed by atoms with Gasteiger partial charge in [0.2, 0.25) is 0 Å². The van der Waals surface area contributed by atoms with Crippen LogP contribution in [0.2, 0.25) is 0 Å². The van der Waals surface area contributed by atoms with Crippen LogP contribution in [0.5, 0.6) is 11.5 Å². The minimum atomic E-state index is -0.481. The highest BCUT2D eigenvalue weighted by Crippen LogP contribution is 2.23. The van der Waals surface area contributed by atoms with Gasteiger partial charge in [-0.3, -0.25) is 9.63 Å². The van der Waals surface area contributed by atoms with E-state index in [9.17, 15) is 9.90 Å². The Bertz CT molecular complexity index is 351. The molecule has 1 amide bonds. The van der Waals surface area contributed by atoms with Gasteiger partial charge in [-0.05, 0) is 12.1 Å². The topological polar surface area (TPSA) is 70.0 Å². The Morgan fingerprint density at radius 1 is 1.43 bits per heavy atom. The van der Waals surface area contributed by atoms with Gasteiger partial charge in [0.1, 0.15) is 11.5 Å². The first-order valence-corrected chi connectivity index (χ1v) is 3.90. The Hall–Kier alpha value is -1.75. The van der Waals surface area contributed by atoms with Crippen LogP contribution in [0.15, 0.2) is 18.2 Å². The molecule has 76 valence electrons. The summed E-state index contributed by atoms with van der Waals surface area (Å²) in [6.07, 6.45) is 0. The maximum Gasteiger partial charge on any atom is 0.280 e. The second kappa shape index (κ2) is 3.97. The third-order valence-corrected chi connectivity index (χ3v) is 1.77. The summed E-state index contributed by atoms with van der Waals surface area (Å²) in [5.41, 5.74) is 0.0761. The zero-order valence-corrected chi connectivity index (χ0v) is 7.89. The van der Waals surface area contributed by atoms with Crippen LogP contribution in [-0.4, -0.2) is 35.3 Å². The molecule has 0 atom stereocenters. The monoisotopic (exact) mass is 197 g/mol. The highest BCUT2D eigenvalue weighted by molar-refractivity contribution is 5.96. The van der Waals surface area contributed by atoms with Crippen molar-refractivity contribution in [1.82, 2.24) is 5.06 Å². The molecule has 5 heteroatoms. The van der Waals surface area contributed by atoms with Crippen LogP contribution in [0, 0.1) is 0 Å². The van der Waals surface area contributed by atoms with E-state index in [-0.39, 0.29) is 17.1 Å². The molecule has 0 aliphatic carbocycles. The standard InChI is InChI=1S/C9H11NO4/c1-10(14-2)9(13)7-4-3-6(11)5-8(7)12/h3-5,11-12H,1-2H3. The third kappa shape index (κ3) is 1.94. The van der Waals surface area contributed by atoms with E-state index in [0.29, 0.717) is 0 Å². The molecule has 0 fully saturated rings. The molecule has 5 nitrogen and oxygen atoms in total. The number of phenols is 2. The molecule has 14 heavy (non-hydrogen) atoms. The Morgan fingerprint density at radius 2 is 2.07 bits per heavy atom. The fraction of sp³-hybridized carbons (Fsp3) is 0.222. The van der Waals surface area contributed by atoms with Crippen molar-refractivity contribution in [2.75, 3.05) is 14.2 Å². The lowest BCUT2D eigenvalue weighted by Crippen LogP contribution is -2.25. The highest BCUT2D eigenvalue weighted by Gasteiger charge is 2.15. The summed E-state index contributed by atoms with van der Waals surface area (Å²) in [7, 11) is 2.77. The summed E-state index contributed by atoms with van der Waals surface area (Å²) in [5.74, 6) is -0.858. The van der Waals surface area contributed by atoms with Crippen LogP contribution in [0.3, 0.4) is 0 Å². The average molecular weight is 197 g/mol. The van der Waals surface area contributed by atoms with Gasteiger partial charge in [-0.2, -0.15) is 0 Å². The molecular formula is C9H11NO4. The van der Waals surface area contributed by atoms with Gasteiger partial charge >= 0.3 is 0 Å². The first-order valence-electron chi connectivity index (χ1n) is 3.90. The molecule has 0 saturated heterocycles. The maximum absolute atomic E-state index is 11.5. The summed E-state index contributed by atoms with van der Waals surface area (Å²) in [6.45, 7) is 0. The van der Waals surface area contributed by atoms with Gasteiger partial charge in [-0.25, -0.2) is 5.06 Å². The minimum absolute atomic E-state index is 0.0761. The van der Waals surface area contributed by atoms with Crippen LogP contribution in [0.25, 0.3) is 0 Å². The van der Waals surface area contributed by atoms with Gasteiger partial charge in [-0.15, -0.1) is 0 Å². The van der Waals surface area contributed by atoms with Crippen LogP contribution in [0.4, 0.5) is 0 Å². The number of hydrogen-bond acceptors (Lipinski definition) is 4. The maximum atomic E-state index is 11.5. The van der Waals surface area contributed by atoms with E-state index in [2.05, 4.69) is 4.84 Å². The number of amides is 1. The minimum Gasteiger partial charge on any atom is -0.508 e. The number of nitrogens with zero attached hydrogens (tertiary/aromatic N) is 1. The molecule has 1 aromatic rings. The fourth-order valence-electron chi connectivity index (χ4n) is 0.953. The van der Waals surface area contributed by atoms with Crippen LogP contribution >= 0.6 is 0 Å². The van der Waals surface area contributed by atoms with Gasteiger partial charge in [0.05, 0.1) is 12.7 Å². The number of benzene rings is 1. The lowest BCUT2D eigenvalue weighted by molar-refractivity contribution is -0.0758. The summed E-state index contributed by atoms with van der Waals surface area (Å²) in [6, 6.07) is 3.73. The van der Waals surface area contributed by atoms with Crippen molar-refractivity contribution in [3.05, 3.63) is 23.8 Å². The quantitative estimate of drug-likeness (QED) is 0.686. The van der Waals surface area contributed by atoms with Crippen LogP contribution < -0.4 is 0 Å². The van der Waals surface area contributed by atoms with Crippen LogP contribution in [-0.2, 0) is 4.84 Å². The van der Waals surface area contributed by atoms with Crippen LogP contribution in [0.1, 0.15) is 10.4 Å². The van der Waals surface area contributed by atoms with Gasteiger partial charge in [0.25, 0.3) is 5.91 Å². The van der Waals surface area contributed by atoms with E-state index in [1.54, 1.807) is 0 Å². The van der Waals surface area contributed by atoms with E-state index in [4.69, 9.17) is 5.11 Å². The average Bonchev–Trinajstić information content (AvgIpc) is 2.15. The van der Waals surface area contributed by atoms with E-state index < -0.39 is 5.91 Å². The van der Waals surface area contributed by atoms with Crippen molar-refractivity contribution in [3.8, 4) is 11.5 Å². The molecule has 0 saturated carbocycles. The second-order valence-electron chi connectivity index (χ2n) is 2.69. The fourth-order valence-corrected chi connectivity index (χ4v) is 0.953. The molecule has 0 aromatic heterocycles. The van der Waals surface area contributed by atoms with Crippen molar-refractivity contribution in [2.45, 2.75) is 0 Å². The zero-order valence-electron chi connectivity index (χ0n) is 7.89. The SMILES string of the molecule is CON(C)C(=O)c1ccc(O)cc1O. The Kier molecular flexibility index (Phi) is 2.93. The molecule has 0 spiro atoms. The van der Waals surface area contributed by atoms with E-state index in [1.807, 2.05) is 0 Å². The number of carbonyl (C=O) groups is 1. The number of aromatic hydroxyl groups is 2. The molecule has 0 unspecified atom stereocenters. The predicted octanol–water partition coefficient (Wildman–Crippen LogP) is 0.731. The molecule has 2 N–H and O–H groups in total. The van der Waals surface area contributed by atoms with Gasteiger partial charge in [-0.1, -0.05) is 0 Å². The first kappa shape index (κ1) is 10.3. The predicted molar refractivity (Wildman–Crippen MR) is 48.9 cm³/mol. The molecule has 0 heterocycles. The Labute approximate surface area is 81.1 Å². The number of rotatable bonds is 2. The van der Waals surface area contributed by atoms with Crippen molar-refractivity contribution in [1.29, 1.82) is 0 Å². The summed E-state index contributed by atoms with van der Waals surface area (Å²) >= 11 is 0. The van der Waals surface area contributed by atoms with E-state index >= 15 is 0 Å². The number of carbonyl (C=O) groups excluding carboxylic acids is 1. The number of hydrogen-bond donors (Lipinski definition) is 2. The molecule has 0 aliphatic heterocycles. The summed E-state index contributed by atoms with van der Waals surface area (Å²) in [5, 5.41) is 19.3. The van der Waals surface area contributed by atoms with Crippen molar-refractivity contribution < 1.29 is 19.8 Å². The Balaban J connectivity index is 3.02. The number of phenolic OH excluding ortho intramolecular Hbond substituents is 2. The van der Waals surface area contributed by atoms with Crippen molar-refractivity contribution in [2.24, 2.45) is 0 Å².